The zero-order chi connectivity index (χ0) is 14.8. The predicted octanol–water partition coefficient (Wildman–Crippen LogP) is 1.14. The third kappa shape index (κ3) is 3.46. The molecule has 0 aromatic carbocycles. The fourth-order valence-electron chi connectivity index (χ4n) is 1.93. The molecule has 0 atom stereocenters. The Hall–Kier alpha value is -0.770. The molecule has 1 aromatic rings. The first-order valence-corrected chi connectivity index (χ1v) is 8.90. The molecule has 1 amide bonds. The lowest BCUT2D eigenvalue weighted by Crippen LogP contribution is -2.38. The molecule has 0 bridgehead atoms. The Morgan fingerprint density at radius 2 is 2.10 bits per heavy atom. The van der Waals surface area contributed by atoms with Crippen molar-refractivity contribution in [3.63, 3.8) is 0 Å². The zero-order valence-corrected chi connectivity index (χ0v) is 13.3. The minimum absolute atomic E-state index is 0.0921. The molecule has 1 aromatic heterocycles. The first-order valence-electron chi connectivity index (χ1n) is 6.10. The number of hydrogen-bond donors (Lipinski definition) is 1. The Morgan fingerprint density at radius 1 is 1.45 bits per heavy atom. The maximum atomic E-state index is 12.4. The highest BCUT2D eigenvalue weighted by atomic mass is 35.5. The molecule has 2 heterocycles. The molecular weight excluding hydrogens is 324 g/mol. The van der Waals surface area contributed by atoms with E-state index in [4.69, 9.17) is 11.6 Å². The summed E-state index contributed by atoms with van der Waals surface area (Å²) in [4.78, 5) is 10.9. The number of halogens is 1. The quantitative estimate of drug-likeness (QED) is 0.656. The van der Waals surface area contributed by atoms with Crippen LogP contribution >= 0.6 is 22.9 Å². The Bertz CT molecular complexity index is 581. The average molecular weight is 339 g/mol. The molecule has 0 aliphatic carbocycles. The molecule has 0 unspecified atom stereocenters. The molecule has 2 rings (SSSR count). The van der Waals surface area contributed by atoms with Gasteiger partial charge in [-0.2, -0.15) is 4.31 Å². The molecule has 1 aliphatic heterocycles. The van der Waals surface area contributed by atoms with Gasteiger partial charge in [-0.05, 0) is 18.8 Å². The maximum absolute atomic E-state index is 12.4. The van der Waals surface area contributed by atoms with Crippen LogP contribution in [0.15, 0.2) is 4.34 Å². The molecule has 0 spiro atoms. The molecule has 0 radical (unpaired) electrons. The number of piperidine rings is 1. The SMILES string of the molecule is CC(=O)Nc1nnc(S(=O)(=O)N2CCC(CCl)CC2)s1. The Balaban J connectivity index is 2.10. The van der Waals surface area contributed by atoms with Crippen LogP contribution in [-0.2, 0) is 14.8 Å². The Kier molecular flexibility index (Phi) is 4.95. The van der Waals surface area contributed by atoms with Crippen LogP contribution in [0, 0.1) is 5.92 Å². The zero-order valence-electron chi connectivity index (χ0n) is 10.9. The van der Waals surface area contributed by atoms with E-state index in [2.05, 4.69) is 15.5 Å². The minimum Gasteiger partial charge on any atom is -0.301 e. The number of hydrogen-bond acceptors (Lipinski definition) is 6. The second kappa shape index (κ2) is 6.33. The van der Waals surface area contributed by atoms with Gasteiger partial charge in [-0.1, -0.05) is 11.3 Å². The van der Waals surface area contributed by atoms with Crippen molar-refractivity contribution in [2.24, 2.45) is 5.92 Å². The standard InChI is InChI=1S/C10H15ClN4O3S2/c1-7(16)12-9-13-14-10(19-9)20(17,18)15-4-2-8(6-11)3-5-15/h8H,2-6H2,1H3,(H,12,13,16). The van der Waals surface area contributed by atoms with E-state index in [9.17, 15) is 13.2 Å². The van der Waals surface area contributed by atoms with Crippen LogP contribution in [0.2, 0.25) is 0 Å². The van der Waals surface area contributed by atoms with Gasteiger partial charge in [-0.15, -0.1) is 21.8 Å². The summed E-state index contributed by atoms with van der Waals surface area (Å²) in [7, 11) is -3.62. The van der Waals surface area contributed by atoms with Gasteiger partial charge in [0.2, 0.25) is 15.4 Å². The van der Waals surface area contributed by atoms with Crippen molar-refractivity contribution in [3.8, 4) is 0 Å². The summed E-state index contributed by atoms with van der Waals surface area (Å²) < 4.78 is 26.0. The number of nitrogens with zero attached hydrogens (tertiary/aromatic N) is 3. The van der Waals surface area contributed by atoms with Gasteiger partial charge in [0.05, 0.1) is 0 Å². The summed E-state index contributed by atoms with van der Waals surface area (Å²) >= 11 is 6.64. The van der Waals surface area contributed by atoms with Crippen molar-refractivity contribution < 1.29 is 13.2 Å². The van der Waals surface area contributed by atoms with E-state index >= 15 is 0 Å². The van der Waals surface area contributed by atoms with Gasteiger partial charge in [0.25, 0.3) is 10.0 Å². The van der Waals surface area contributed by atoms with Gasteiger partial charge < -0.3 is 5.32 Å². The topological polar surface area (TPSA) is 92.3 Å². The molecule has 20 heavy (non-hydrogen) atoms. The number of amides is 1. The van der Waals surface area contributed by atoms with E-state index < -0.39 is 10.0 Å². The lowest BCUT2D eigenvalue weighted by atomic mass is 10.0. The third-order valence-corrected chi connectivity index (χ3v) is 6.56. The van der Waals surface area contributed by atoms with E-state index in [-0.39, 0.29) is 15.4 Å². The average Bonchev–Trinajstić information content (AvgIpc) is 2.87. The number of carbonyl (C=O) groups excluding carboxylic acids is 1. The molecule has 112 valence electrons. The predicted molar refractivity (Wildman–Crippen MR) is 76.4 cm³/mol. The van der Waals surface area contributed by atoms with Crippen molar-refractivity contribution in [1.82, 2.24) is 14.5 Å². The van der Waals surface area contributed by atoms with Gasteiger partial charge in [-0.3, -0.25) is 4.79 Å². The molecule has 10 heteroatoms. The van der Waals surface area contributed by atoms with Crippen LogP contribution < -0.4 is 5.32 Å². The van der Waals surface area contributed by atoms with E-state index in [1.54, 1.807) is 0 Å². The van der Waals surface area contributed by atoms with Crippen molar-refractivity contribution >= 4 is 44.0 Å². The molecule has 1 aliphatic rings. The van der Waals surface area contributed by atoms with Crippen molar-refractivity contribution in [2.75, 3.05) is 24.3 Å². The van der Waals surface area contributed by atoms with Gasteiger partial charge in [-0.25, -0.2) is 8.42 Å². The van der Waals surface area contributed by atoms with Crippen LogP contribution in [0.1, 0.15) is 19.8 Å². The van der Waals surface area contributed by atoms with E-state index in [1.165, 1.54) is 11.2 Å². The third-order valence-electron chi connectivity index (χ3n) is 3.04. The fraction of sp³-hybridized carbons (Fsp3) is 0.700. The number of nitrogens with one attached hydrogen (secondary N) is 1. The summed E-state index contributed by atoms with van der Waals surface area (Å²) in [6, 6.07) is 0. The van der Waals surface area contributed by atoms with Crippen LogP contribution in [0.5, 0.6) is 0 Å². The maximum Gasteiger partial charge on any atom is 0.272 e. The van der Waals surface area contributed by atoms with Gasteiger partial charge in [0, 0.05) is 25.9 Å². The largest absolute Gasteiger partial charge is 0.301 e. The summed E-state index contributed by atoms with van der Waals surface area (Å²) in [5.41, 5.74) is 0. The molecule has 7 nitrogen and oxygen atoms in total. The lowest BCUT2D eigenvalue weighted by molar-refractivity contribution is -0.114. The van der Waals surface area contributed by atoms with E-state index in [0.29, 0.717) is 24.9 Å². The first-order chi connectivity index (χ1) is 9.43. The molecular formula is C10H15ClN4O3S2. The number of aromatic nitrogens is 2. The lowest BCUT2D eigenvalue weighted by Gasteiger charge is -2.29. The van der Waals surface area contributed by atoms with Crippen LogP contribution in [-0.4, -0.2) is 47.8 Å². The van der Waals surface area contributed by atoms with E-state index in [0.717, 1.165) is 24.2 Å². The number of sulfonamides is 1. The molecule has 1 saturated heterocycles. The Labute approximate surface area is 126 Å². The summed E-state index contributed by atoms with van der Waals surface area (Å²) in [6.45, 7) is 2.20. The number of alkyl halides is 1. The van der Waals surface area contributed by atoms with Crippen molar-refractivity contribution in [1.29, 1.82) is 0 Å². The van der Waals surface area contributed by atoms with Crippen LogP contribution in [0.4, 0.5) is 5.13 Å². The summed E-state index contributed by atoms with van der Waals surface area (Å²) in [6.07, 6.45) is 1.50. The van der Waals surface area contributed by atoms with Crippen LogP contribution in [0.25, 0.3) is 0 Å². The monoisotopic (exact) mass is 338 g/mol. The number of carbonyl (C=O) groups is 1. The number of anilines is 1. The van der Waals surface area contributed by atoms with Crippen molar-refractivity contribution in [3.05, 3.63) is 0 Å². The second-order valence-electron chi connectivity index (χ2n) is 4.56. The second-order valence-corrected chi connectivity index (χ2v) is 7.95. The van der Waals surface area contributed by atoms with Crippen molar-refractivity contribution in [2.45, 2.75) is 24.1 Å². The highest BCUT2D eigenvalue weighted by Gasteiger charge is 2.32. The minimum atomic E-state index is -3.62. The van der Waals surface area contributed by atoms with Gasteiger partial charge in [0.1, 0.15) is 0 Å². The smallest absolute Gasteiger partial charge is 0.272 e. The van der Waals surface area contributed by atoms with Gasteiger partial charge in [0.15, 0.2) is 0 Å². The molecule has 1 N–H and O–H groups in total. The van der Waals surface area contributed by atoms with Gasteiger partial charge >= 0.3 is 0 Å². The molecule has 0 saturated carbocycles. The highest BCUT2D eigenvalue weighted by Crippen LogP contribution is 2.27. The fourth-order valence-corrected chi connectivity index (χ4v) is 4.79. The summed E-state index contributed by atoms with van der Waals surface area (Å²) in [5.74, 6) is 0.611. The normalized spacial score (nSPS) is 18.1. The Morgan fingerprint density at radius 3 is 2.65 bits per heavy atom. The number of rotatable bonds is 4. The summed E-state index contributed by atoms with van der Waals surface area (Å²) in [5, 5.41) is 9.92. The molecule has 1 fully saturated rings. The first kappa shape index (κ1) is 15.6. The van der Waals surface area contributed by atoms with E-state index in [1.807, 2.05) is 0 Å². The highest BCUT2D eigenvalue weighted by molar-refractivity contribution is 7.91. The van der Waals surface area contributed by atoms with Crippen LogP contribution in [0.3, 0.4) is 0 Å².